The Morgan fingerprint density at radius 2 is 1.82 bits per heavy atom. The third-order valence-electron chi connectivity index (χ3n) is 6.11. The van der Waals surface area contributed by atoms with E-state index in [1.54, 1.807) is 0 Å². The summed E-state index contributed by atoms with van der Waals surface area (Å²) < 4.78 is 1.91. The molecule has 0 saturated carbocycles. The molecule has 1 aromatic carbocycles. The number of likely N-dealkylation sites (tertiary alicyclic amines) is 1. The molecule has 2 fully saturated rings. The molecule has 6 nitrogen and oxygen atoms in total. The lowest BCUT2D eigenvalue weighted by Gasteiger charge is -2.60. The Hall–Kier alpha value is -2.99. The highest BCUT2D eigenvalue weighted by molar-refractivity contribution is 5.98. The van der Waals surface area contributed by atoms with Crippen LogP contribution in [-0.4, -0.2) is 57.7 Å². The summed E-state index contributed by atoms with van der Waals surface area (Å²) in [6.45, 7) is 6.68. The molecule has 0 unspecified atom stereocenters. The zero-order valence-electron chi connectivity index (χ0n) is 16.1. The topological polar surface area (TPSA) is 49.6 Å². The van der Waals surface area contributed by atoms with Crippen molar-refractivity contribution in [3.8, 4) is 11.1 Å². The fraction of sp³-hybridized carbons (Fsp3) is 0.318. The quantitative estimate of drug-likeness (QED) is 0.543. The van der Waals surface area contributed by atoms with Gasteiger partial charge in [0.15, 0.2) is 5.65 Å². The van der Waals surface area contributed by atoms with E-state index in [1.807, 2.05) is 29.9 Å². The first-order valence-corrected chi connectivity index (χ1v) is 9.74. The van der Waals surface area contributed by atoms with Crippen LogP contribution in [-0.2, 0) is 0 Å². The summed E-state index contributed by atoms with van der Waals surface area (Å²) in [7, 11) is 2.19. The lowest BCUT2D eigenvalue weighted by Crippen LogP contribution is -2.71. The van der Waals surface area contributed by atoms with E-state index in [1.165, 1.54) is 13.1 Å². The molecular weight excluding hydrogens is 348 g/mol. The number of hydrogen-bond acceptors (Lipinski definition) is 5. The lowest BCUT2D eigenvalue weighted by molar-refractivity contribution is -0.00246. The molecular formula is C22H22N6. The van der Waals surface area contributed by atoms with Crippen LogP contribution in [0.3, 0.4) is 0 Å². The van der Waals surface area contributed by atoms with E-state index in [0.717, 1.165) is 52.1 Å². The Kier molecular flexibility index (Phi) is 3.15. The van der Waals surface area contributed by atoms with Crippen molar-refractivity contribution >= 4 is 22.2 Å². The second kappa shape index (κ2) is 5.52. The first-order valence-electron chi connectivity index (χ1n) is 9.74. The van der Waals surface area contributed by atoms with Crippen molar-refractivity contribution in [2.75, 3.05) is 38.1 Å². The molecule has 3 aromatic heterocycles. The standard InChI is InChI=1S/C22H22N6/c1-15-7-18(17-5-3-4-6-20(17)25-15)19-9-24-28-10-16(8-23-21(19)28)27-13-22(14-27)11-26(2)12-22/h3-10H,11-14H2,1-2H3. The van der Waals surface area contributed by atoms with Crippen LogP contribution >= 0.6 is 0 Å². The maximum absolute atomic E-state index is 4.79. The molecule has 4 aromatic rings. The van der Waals surface area contributed by atoms with Crippen molar-refractivity contribution in [3.63, 3.8) is 0 Å². The highest BCUT2D eigenvalue weighted by Gasteiger charge is 2.50. The average molecular weight is 370 g/mol. The van der Waals surface area contributed by atoms with Gasteiger partial charge in [0.2, 0.25) is 0 Å². The molecule has 0 aliphatic carbocycles. The van der Waals surface area contributed by atoms with Gasteiger partial charge in [0.1, 0.15) is 0 Å². The van der Waals surface area contributed by atoms with Crippen molar-refractivity contribution in [2.24, 2.45) is 5.41 Å². The van der Waals surface area contributed by atoms with Crippen LogP contribution in [0.5, 0.6) is 0 Å². The summed E-state index contributed by atoms with van der Waals surface area (Å²) in [5.41, 5.74) is 6.74. The van der Waals surface area contributed by atoms with E-state index < -0.39 is 0 Å². The molecule has 2 aliphatic rings. The number of aryl methyl sites for hydroxylation is 1. The van der Waals surface area contributed by atoms with Gasteiger partial charge in [-0.15, -0.1) is 0 Å². The van der Waals surface area contributed by atoms with Crippen LogP contribution in [0.15, 0.2) is 48.9 Å². The fourth-order valence-corrected chi connectivity index (χ4v) is 4.99. The normalized spacial score (nSPS) is 18.6. The number of anilines is 1. The molecule has 0 N–H and O–H groups in total. The predicted octanol–water partition coefficient (Wildman–Crippen LogP) is 3.00. The van der Waals surface area contributed by atoms with Crippen LogP contribution < -0.4 is 4.90 Å². The van der Waals surface area contributed by atoms with Crippen molar-refractivity contribution in [2.45, 2.75) is 6.92 Å². The van der Waals surface area contributed by atoms with Gasteiger partial charge in [-0.05, 0) is 31.7 Å². The minimum atomic E-state index is 0.506. The molecule has 1 spiro atoms. The summed E-state index contributed by atoms with van der Waals surface area (Å²) in [5.74, 6) is 0. The van der Waals surface area contributed by atoms with Gasteiger partial charge in [0.05, 0.1) is 29.8 Å². The van der Waals surface area contributed by atoms with Gasteiger partial charge in [-0.25, -0.2) is 9.50 Å². The number of rotatable bonds is 2. The summed E-state index contributed by atoms with van der Waals surface area (Å²) in [6.07, 6.45) is 6.02. The van der Waals surface area contributed by atoms with Gasteiger partial charge in [-0.1, -0.05) is 18.2 Å². The highest BCUT2D eigenvalue weighted by atomic mass is 15.3. The lowest BCUT2D eigenvalue weighted by atomic mass is 9.73. The third kappa shape index (κ3) is 2.27. The molecule has 2 aliphatic heterocycles. The third-order valence-corrected chi connectivity index (χ3v) is 6.11. The number of nitrogens with zero attached hydrogens (tertiary/aromatic N) is 6. The Balaban J connectivity index is 1.39. The van der Waals surface area contributed by atoms with Gasteiger partial charge >= 0.3 is 0 Å². The average Bonchev–Trinajstić information content (AvgIpc) is 3.05. The molecule has 0 atom stereocenters. The molecule has 6 rings (SSSR count). The summed E-state index contributed by atoms with van der Waals surface area (Å²) in [5, 5.41) is 5.75. The van der Waals surface area contributed by atoms with E-state index in [4.69, 9.17) is 4.98 Å². The minimum absolute atomic E-state index is 0.506. The molecule has 6 heteroatoms. The maximum Gasteiger partial charge on any atom is 0.162 e. The Morgan fingerprint density at radius 3 is 2.64 bits per heavy atom. The molecule has 140 valence electrons. The number of fused-ring (bicyclic) bond motifs is 2. The minimum Gasteiger partial charge on any atom is -0.368 e. The number of hydrogen-bond donors (Lipinski definition) is 0. The number of benzene rings is 1. The first kappa shape index (κ1) is 16.0. The smallest absolute Gasteiger partial charge is 0.162 e. The van der Waals surface area contributed by atoms with Gasteiger partial charge in [-0.3, -0.25) is 4.98 Å². The van der Waals surface area contributed by atoms with E-state index in [-0.39, 0.29) is 0 Å². The molecule has 2 saturated heterocycles. The van der Waals surface area contributed by atoms with Crippen molar-refractivity contribution in [3.05, 3.63) is 54.6 Å². The number of aromatic nitrogens is 4. The maximum atomic E-state index is 4.79. The predicted molar refractivity (Wildman–Crippen MR) is 111 cm³/mol. The number of pyridine rings is 1. The second-order valence-electron chi connectivity index (χ2n) is 8.50. The monoisotopic (exact) mass is 370 g/mol. The Labute approximate surface area is 163 Å². The second-order valence-corrected chi connectivity index (χ2v) is 8.50. The van der Waals surface area contributed by atoms with E-state index >= 15 is 0 Å². The van der Waals surface area contributed by atoms with E-state index in [0.29, 0.717) is 5.41 Å². The van der Waals surface area contributed by atoms with Crippen LogP contribution in [0, 0.1) is 12.3 Å². The molecule has 28 heavy (non-hydrogen) atoms. The molecule has 5 heterocycles. The molecule has 0 amide bonds. The van der Waals surface area contributed by atoms with Gasteiger partial charge in [-0.2, -0.15) is 5.10 Å². The van der Waals surface area contributed by atoms with Gasteiger partial charge in [0, 0.05) is 48.2 Å². The van der Waals surface area contributed by atoms with Gasteiger partial charge in [0.25, 0.3) is 0 Å². The highest BCUT2D eigenvalue weighted by Crippen LogP contribution is 2.41. The summed E-state index contributed by atoms with van der Waals surface area (Å²) >= 11 is 0. The van der Waals surface area contributed by atoms with Gasteiger partial charge < -0.3 is 9.80 Å². The number of para-hydroxylation sites is 1. The largest absolute Gasteiger partial charge is 0.368 e. The van der Waals surface area contributed by atoms with Crippen molar-refractivity contribution < 1.29 is 0 Å². The molecule has 0 bridgehead atoms. The fourth-order valence-electron chi connectivity index (χ4n) is 4.99. The van der Waals surface area contributed by atoms with E-state index in [9.17, 15) is 0 Å². The summed E-state index contributed by atoms with van der Waals surface area (Å²) in [4.78, 5) is 14.2. The first-order chi connectivity index (χ1) is 13.6. The van der Waals surface area contributed by atoms with Crippen LogP contribution in [0.25, 0.3) is 27.7 Å². The van der Waals surface area contributed by atoms with Crippen LogP contribution in [0.2, 0.25) is 0 Å². The SMILES string of the molecule is Cc1cc(-c2cnn3cc(N4CC5(CN(C)C5)C4)cnc23)c2ccccc2n1. The van der Waals surface area contributed by atoms with Crippen molar-refractivity contribution in [1.29, 1.82) is 0 Å². The zero-order chi connectivity index (χ0) is 18.9. The van der Waals surface area contributed by atoms with Crippen LogP contribution in [0.1, 0.15) is 5.69 Å². The summed E-state index contributed by atoms with van der Waals surface area (Å²) in [6, 6.07) is 10.4. The van der Waals surface area contributed by atoms with Crippen molar-refractivity contribution in [1.82, 2.24) is 24.5 Å². The van der Waals surface area contributed by atoms with E-state index in [2.05, 4.69) is 57.4 Å². The Bertz CT molecular complexity index is 1210. The van der Waals surface area contributed by atoms with Crippen LogP contribution in [0.4, 0.5) is 5.69 Å². The Morgan fingerprint density at radius 1 is 1.00 bits per heavy atom. The molecule has 0 radical (unpaired) electrons. The zero-order valence-corrected chi connectivity index (χ0v) is 16.1.